The third-order valence-corrected chi connectivity index (χ3v) is 6.53. The minimum Gasteiger partial charge on any atom is -0.493 e. The van der Waals surface area contributed by atoms with Gasteiger partial charge in [0, 0.05) is 17.3 Å². The number of para-hydroxylation sites is 2. The summed E-state index contributed by atoms with van der Waals surface area (Å²) in [7, 11) is 1.59. The Labute approximate surface area is 246 Å². The van der Waals surface area contributed by atoms with Crippen molar-refractivity contribution in [2.75, 3.05) is 25.0 Å². The van der Waals surface area contributed by atoms with Crippen LogP contribution in [0.25, 0.3) is 11.6 Å². The molecule has 0 aliphatic carbocycles. The van der Waals surface area contributed by atoms with E-state index in [1.54, 1.807) is 25.6 Å². The van der Waals surface area contributed by atoms with Gasteiger partial charge in [-0.15, -0.1) is 0 Å². The van der Waals surface area contributed by atoms with Gasteiger partial charge < -0.3 is 23.7 Å². The second kappa shape index (κ2) is 13.2. The van der Waals surface area contributed by atoms with Crippen LogP contribution < -0.4 is 18.9 Å². The van der Waals surface area contributed by atoms with Gasteiger partial charge in [0.25, 0.3) is 5.88 Å². The number of aromatic nitrogens is 4. The molecule has 4 rings (SSSR count). The second-order valence-electron chi connectivity index (χ2n) is 11.1. The van der Waals surface area contributed by atoms with Gasteiger partial charge in [-0.1, -0.05) is 45.0 Å². The Hall–Kier alpha value is -3.89. The molecule has 2 aromatic heterocycles. The Morgan fingerprint density at radius 2 is 1.46 bits per heavy atom. The first-order valence-corrected chi connectivity index (χ1v) is 14.2. The molecule has 0 radical (unpaired) electrons. The maximum absolute atomic E-state index is 6.37. The number of nitrogens with zero attached hydrogens (tertiary/aromatic N) is 4. The SMILES string of the molecule is COc1ccccc1Oc1c(NSc2ccc(C(C)(C)C)cc2)nc(-c2ncccn2)nc1OCCOC(C)(C)C. The fourth-order valence-corrected chi connectivity index (χ4v) is 4.26. The topological polar surface area (TPSA) is 101 Å². The average molecular weight is 576 g/mol. The monoisotopic (exact) mass is 575 g/mol. The van der Waals surface area contributed by atoms with Crippen molar-refractivity contribution in [2.45, 2.75) is 57.5 Å². The van der Waals surface area contributed by atoms with Gasteiger partial charge in [0.2, 0.25) is 11.6 Å². The quantitative estimate of drug-likeness (QED) is 0.144. The Morgan fingerprint density at radius 3 is 2.10 bits per heavy atom. The van der Waals surface area contributed by atoms with Crippen LogP contribution in [0.3, 0.4) is 0 Å². The van der Waals surface area contributed by atoms with E-state index in [4.69, 9.17) is 23.9 Å². The molecule has 0 atom stereocenters. The molecular weight excluding hydrogens is 538 g/mol. The summed E-state index contributed by atoms with van der Waals surface area (Å²) in [6.07, 6.45) is 3.28. The van der Waals surface area contributed by atoms with Crippen molar-refractivity contribution in [1.82, 2.24) is 19.9 Å². The Bertz CT molecular complexity index is 1420. The van der Waals surface area contributed by atoms with Crippen molar-refractivity contribution in [3.05, 3.63) is 72.6 Å². The summed E-state index contributed by atoms with van der Waals surface area (Å²) in [5.74, 6) is 2.60. The minimum absolute atomic E-state index is 0.0621. The van der Waals surface area contributed by atoms with Crippen LogP contribution in [0.5, 0.6) is 23.1 Å². The number of anilines is 1. The highest BCUT2D eigenvalue weighted by Gasteiger charge is 2.23. The van der Waals surface area contributed by atoms with Crippen LogP contribution >= 0.6 is 11.9 Å². The van der Waals surface area contributed by atoms with Crippen LogP contribution in [0, 0.1) is 0 Å². The van der Waals surface area contributed by atoms with Crippen LogP contribution in [0.4, 0.5) is 5.82 Å². The van der Waals surface area contributed by atoms with Crippen molar-refractivity contribution in [1.29, 1.82) is 0 Å². The highest BCUT2D eigenvalue weighted by atomic mass is 32.2. The van der Waals surface area contributed by atoms with Crippen LogP contribution in [0.15, 0.2) is 71.9 Å². The molecule has 0 aliphatic rings. The predicted octanol–water partition coefficient (Wildman–Crippen LogP) is 7.35. The first-order valence-electron chi connectivity index (χ1n) is 13.3. The van der Waals surface area contributed by atoms with Crippen molar-refractivity contribution in [3.63, 3.8) is 0 Å². The summed E-state index contributed by atoms with van der Waals surface area (Å²) in [5, 5.41) is 0. The van der Waals surface area contributed by atoms with Crippen LogP contribution in [0.1, 0.15) is 47.1 Å². The van der Waals surface area contributed by atoms with E-state index in [9.17, 15) is 0 Å². The minimum atomic E-state index is -0.305. The lowest BCUT2D eigenvalue weighted by Gasteiger charge is -2.21. The maximum atomic E-state index is 6.37. The fraction of sp³-hybridized carbons (Fsp3) is 0.355. The Morgan fingerprint density at radius 1 is 0.780 bits per heavy atom. The molecule has 2 aromatic carbocycles. The molecule has 4 aromatic rings. The zero-order chi connectivity index (χ0) is 29.5. The van der Waals surface area contributed by atoms with Gasteiger partial charge in [0.05, 0.1) is 19.3 Å². The average Bonchev–Trinajstić information content (AvgIpc) is 2.95. The molecule has 0 bridgehead atoms. The molecule has 9 nitrogen and oxygen atoms in total. The van der Waals surface area contributed by atoms with Gasteiger partial charge in [-0.25, -0.2) is 15.0 Å². The standard InChI is InChI=1S/C31H37N5O4S/c1-30(2,3)21-13-15-22(16-14-21)41-36-26-25(40-24-12-9-8-11-23(24)37-7)29(38-19-20-39-31(4,5)6)35-28(34-26)27-32-17-10-18-33-27/h8-18H,19-20H2,1-7H3,(H,34,35,36). The number of methoxy groups -OCH3 is 1. The van der Waals surface area contributed by atoms with E-state index in [-0.39, 0.29) is 29.3 Å². The lowest BCUT2D eigenvalue weighted by molar-refractivity contribution is -0.0170. The van der Waals surface area contributed by atoms with Crippen molar-refractivity contribution in [3.8, 4) is 34.8 Å². The van der Waals surface area contributed by atoms with Crippen LogP contribution in [-0.4, -0.2) is 45.9 Å². The number of benzene rings is 2. The van der Waals surface area contributed by atoms with E-state index in [0.717, 1.165) is 4.90 Å². The molecule has 1 N–H and O–H groups in total. The fourth-order valence-electron chi connectivity index (χ4n) is 3.63. The van der Waals surface area contributed by atoms with E-state index >= 15 is 0 Å². The molecule has 10 heteroatoms. The third kappa shape index (κ3) is 8.55. The summed E-state index contributed by atoms with van der Waals surface area (Å²) >= 11 is 1.40. The third-order valence-electron chi connectivity index (χ3n) is 5.72. The van der Waals surface area contributed by atoms with Gasteiger partial charge in [-0.05, 0) is 74.0 Å². The van der Waals surface area contributed by atoms with Gasteiger partial charge in [0.1, 0.15) is 6.61 Å². The first kappa shape index (κ1) is 30.1. The molecule has 0 spiro atoms. The van der Waals surface area contributed by atoms with E-state index in [1.807, 2.05) is 45.0 Å². The molecule has 216 valence electrons. The van der Waals surface area contributed by atoms with E-state index in [2.05, 4.69) is 64.7 Å². The van der Waals surface area contributed by atoms with Crippen molar-refractivity contribution in [2.24, 2.45) is 0 Å². The second-order valence-corrected chi connectivity index (χ2v) is 12.0. The van der Waals surface area contributed by atoms with E-state index < -0.39 is 0 Å². The lowest BCUT2D eigenvalue weighted by Crippen LogP contribution is -2.22. The lowest BCUT2D eigenvalue weighted by atomic mass is 9.87. The number of hydrogen-bond donors (Lipinski definition) is 1. The molecule has 0 fully saturated rings. The molecule has 0 saturated heterocycles. The van der Waals surface area contributed by atoms with Crippen molar-refractivity contribution >= 4 is 17.8 Å². The normalized spacial score (nSPS) is 11.7. The molecule has 0 aliphatic heterocycles. The zero-order valence-electron chi connectivity index (χ0n) is 24.6. The van der Waals surface area contributed by atoms with Gasteiger partial charge in [-0.2, -0.15) is 4.98 Å². The molecule has 0 unspecified atom stereocenters. The van der Waals surface area contributed by atoms with Gasteiger partial charge >= 0.3 is 0 Å². The van der Waals surface area contributed by atoms with E-state index in [1.165, 1.54) is 17.5 Å². The highest BCUT2D eigenvalue weighted by molar-refractivity contribution is 8.00. The smallest absolute Gasteiger partial charge is 0.263 e. The van der Waals surface area contributed by atoms with Gasteiger partial charge in [0.15, 0.2) is 23.1 Å². The summed E-state index contributed by atoms with van der Waals surface area (Å²) in [6.45, 7) is 13.2. The molecular formula is C31H37N5O4S. The predicted molar refractivity (Wildman–Crippen MR) is 162 cm³/mol. The maximum Gasteiger partial charge on any atom is 0.263 e. The first-order chi connectivity index (χ1) is 19.5. The summed E-state index contributed by atoms with van der Waals surface area (Å²) in [6, 6.07) is 17.5. The summed E-state index contributed by atoms with van der Waals surface area (Å²) < 4.78 is 27.2. The molecule has 2 heterocycles. The Kier molecular flexibility index (Phi) is 9.67. The largest absolute Gasteiger partial charge is 0.493 e. The van der Waals surface area contributed by atoms with E-state index in [0.29, 0.717) is 35.5 Å². The summed E-state index contributed by atoms with van der Waals surface area (Å²) in [4.78, 5) is 19.1. The highest BCUT2D eigenvalue weighted by Crippen LogP contribution is 2.42. The molecule has 41 heavy (non-hydrogen) atoms. The number of nitrogens with one attached hydrogen (secondary N) is 1. The number of ether oxygens (including phenoxy) is 4. The molecule has 0 amide bonds. The summed E-state index contributed by atoms with van der Waals surface area (Å²) in [5.41, 5.74) is 1.01. The van der Waals surface area contributed by atoms with Crippen LogP contribution in [-0.2, 0) is 10.2 Å². The zero-order valence-corrected chi connectivity index (χ0v) is 25.4. The van der Waals surface area contributed by atoms with Gasteiger partial charge in [-0.3, -0.25) is 0 Å². The Balaban J connectivity index is 1.73. The number of rotatable bonds is 11. The number of hydrogen-bond acceptors (Lipinski definition) is 10. The van der Waals surface area contributed by atoms with Crippen molar-refractivity contribution < 1.29 is 18.9 Å². The van der Waals surface area contributed by atoms with Crippen LogP contribution in [0.2, 0.25) is 0 Å². The molecule has 0 saturated carbocycles.